The molecule has 0 fully saturated rings. The molecule has 0 heterocycles. The summed E-state index contributed by atoms with van der Waals surface area (Å²) in [6.07, 6.45) is 5.95. The van der Waals surface area contributed by atoms with Gasteiger partial charge in [-0.3, -0.25) is 0 Å². The third-order valence-corrected chi connectivity index (χ3v) is 1.34. The van der Waals surface area contributed by atoms with E-state index in [2.05, 4.69) is 38.5 Å². The van der Waals surface area contributed by atoms with Gasteiger partial charge in [0.05, 0.1) is 0 Å². The zero-order chi connectivity index (χ0) is 12.5. The quantitative estimate of drug-likeness (QED) is 0.275. The van der Waals surface area contributed by atoms with Crippen molar-refractivity contribution in [3.8, 4) is 0 Å². The zero-order valence-corrected chi connectivity index (χ0v) is 19.9. The molecule has 0 aromatic heterocycles. The summed E-state index contributed by atoms with van der Waals surface area (Å²) in [6.45, 7) is 15.4. The Kier molecular flexibility index (Phi) is 65.7. The maximum atomic E-state index is 9.78. The van der Waals surface area contributed by atoms with E-state index in [0.29, 0.717) is 6.61 Å². The molecule has 0 aliphatic rings. The summed E-state index contributed by atoms with van der Waals surface area (Å²) in [5.41, 5.74) is 0. The van der Waals surface area contributed by atoms with Gasteiger partial charge in [0.2, 0.25) is 0 Å². The van der Waals surface area contributed by atoms with Crippen LogP contribution in [0.25, 0.3) is 0 Å². The van der Waals surface area contributed by atoms with Crippen LogP contribution in [0, 0.1) is 13.8 Å². The van der Waals surface area contributed by atoms with Crippen molar-refractivity contribution < 1.29 is 68.9 Å². The third kappa shape index (κ3) is 75.5. The van der Waals surface area contributed by atoms with Gasteiger partial charge >= 0.3 is 54.6 Å². The van der Waals surface area contributed by atoms with Crippen LogP contribution in [-0.4, -0.2) is 6.61 Å². The Bertz CT molecular complexity index is 119. The molecule has 0 saturated heterocycles. The van der Waals surface area contributed by atoms with Gasteiger partial charge in [-0.25, -0.2) is 39.2 Å². The van der Waals surface area contributed by atoms with E-state index in [1.54, 1.807) is 0 Å². The summed E-state index contributed by atoms with van der Waals surface area (Å²) in [5.74, 6) is 0. The van der Waals surface area contributed by atoms with Gasteiger partial charge in [0.15, 0.2) is 0 Å². The Morgan fingerprint density at radius 3 is 1.71 bits per heavy atom. The van der Waals surface area contributed by atoms with Crippen LogP contribution in [0.5, 0.6) is 0 Å². The molecule has 17 heavy (non-hydrogen) atoms. The minimum Gasteiger partial charge on any atom is -0.820 e. The third-order valence-electron chi connectivity index (χ3n) is 0.945. The van der Waals surface area contributed by atoms with Crippen LogP contribution in [0.3, 0.4) is 0 Å². The van der Waals surface area contributed by atoms with Gasteiger partial charge in [-0.05, 0) is 6.42 Å². The van der Waals surface area contributed by atoms with Crippen LogP contribution in [-0.2, 0) is 59.1 Å². The number of rotatable bonds is 5. The van der Waals surface area contributed by atoms with E-state index < -0.39 is 8.60 Å². The number of hydrogen-bond acceptors (Lipinski definition) is 3. The van der Waals surface area contributed by atoms with E-state index in [4.69, 9.17) is 0 Å². The number of unbranched alkanes of at least 4 members (excludes halogenated alkanes) is 2. The second kappa shape index (κ2) is 36.0. The van der Waals surface area contributed by atoms with E-state index in [1.165, 1.54) is 12.2 Å². The topological polar surface area (TPSA) is 55.3 Å². The molecule has 0 aromatic carbocycles. The van der Waals surface area contributed by atoms with Crippen LogP contribution >= 0.6 is 8.60 Å². The maximum Gasteiger partial charge on any atom is 2.00 e. The van der Waals surface area contributed by atoms with Crippen molar-refractivity contribution in [3.63, 3.8) is 0 Å². The van der Waals surface area contributed by atoms with Crippen molar-refractivity contribution in [2.45, 2.75) is 26.2 Å². The summed E-state index contributed by atoms with van der Waals surface area (Å²) in [7, 11) is -2.62. The first-order valence-electron chi connectivity index (χ1n) is 4.68. The summed E-state index contributed by atoms with van der Waals surface area (Å²) in [6, 6.07) is 0. The van der Waals surface area contributed by atoms with E-state index in [1.807, 2.05) is 0 Å². The molecular weight excluding hydrogens is 436 g/mol. The molecule has 0 N–H and O–H groups in total. The van der Waals surface area contributed by atoms with Crippen LogP contribution in [0.2, 0.25) is 0 Å². The molecule has 0 rings (SSSR count). The normalized spacial score (nSPS) is 7.06. The van der Waals surface area contributed by atoms with Crippen molar-refractivity contribution in [2.75, 3.05) is 6.61 Å². The fraction of sp³-hybridized carbons (Fsp3) is 0.455. The summed E-state index contributed by atoms with van der Waals surface area (Å²) >= 11 is 0. The molecule has 0 spiro atoms. The predicted octanol–water partition coefficient (Wildman–Crippen LogP) is 2.15. The molecule has 92 valence electrons. The first-order valence-corrected chi connectivity index (χ1v) is 5.77. The average Bonchev–Trinajstić information content (AvgIpc) is 2.15. The van der Waals surface area contributed by atoms with Crippen molar-refractivity contribution in [2.24, 2.45) is 0 Å². The minimum absolute atomic E-state index is 0. The fourth-order valence-electron chi connectivity index (χ4n) is 0.491. The van der Waals surface area contributed by atoms with Crippen LogP contribution in [0.15, 0.2) is 25.3 Å². The Morgan fingerprint density at radius 1 is 1.12 bits per heavy atom. The van der Waals surface area contributed by atoms with Gasteiger partial charge < -0.3 is 14.3 Å². The van der Waals surface area contributed by atoms with Crippen molar-refractivity contribution in [1.29, 1.82) is 0 Å². The van der Waals surface area contributed by atoms with E-state index in [9.17, 15) is 9.79 Å². The van der Waals surface area contributed by atoms with Crippen molar-refractivity contribution in [3.05, 3.63) is 39.2 Å². The summed E-state index contributed by atoms with van der Waals surface area (Å²) in [5, 5.41) is 0. The SMILES string of the molecule is C=C[CH2-].C=C[CH2-].CCCCCOP([O-])[O-].[Cd+2].[Cd+2]. The average molecular weight is 457 g/mol. The Morgan fingerprint density at radius 2 is 1.47 bits per heavy atom. The van der Waals surface area contributed by atoms with Crippen molar-refractivity contribution in [1.82, 2.24) is 0 Å². The van der Waals surface area contributed by atoms with E-state index >= 15 is 0 Å². The summed E-state index contributed by atoms with van der Waals surface area (Å²) in [4.78, 5) is 19.6. The second-order valence-electron chi connectivity index (χ2n) is 2.34. The molecule has 0 atom stereocenters. The van der Waals surface area contributed by atoms with Gasteiger partial charge in [0.1, 0.15) is 0 Å². The molecule has 0 saturated carbocycles. The molecule has 0 aliphatic heterocycles. The van der Waals surface area contributed by atoms with E-state index in [0.717, 1.165) is 19.3 Å². The molecule has 0 aromatic rings. The van der Waals surface area contributed by atoms with Gasteiger partial charge in [-0.2, -0.15) is 8.60 Å². The molecule has 0 aliphatic carbocycles. The first kappa shape index (κ1) is 31.0. The smallest absolute Gasteiger partial charge is 0.820 e. The van der Waals surface area contributed by atoms with Crippen LogP contribution in [0.1, 0.15) is 26.2 Å². The maximum absolute atomic E-state index is 9.78. The standard InChI is InChI=1S/C5H11O3P.2C3H5.2Cd/c1-2-3-4-5-8-9(6)7;2*1-3-2;;/h2-5H2,1H3;2*3H,1-2H2;;/q-2;2*-1;2*+2. The fourth-order valence-corrected chi connectivity index (χ4v) is 0.769. The number of allylic oxidation sites excluding steroid dienone is 2. The Balaban J connectivity index is -0.0000000514. The molecule has 0 radical (unpaired) electrons. The first-order chi connectivity index (χ1) is 7.10. The molecule has 3 nitrogen and oxygen atoms in total. The summed E-state index contributed by atoms with van der Waals surface area (Å²) < 4.78 is 4.30. The molecular formula is C11H21Cd2O3P. The monoisotopic (exact) mass is 460 g/mol. The minimum atomic E-state index is -2.62. The number of hydrogen-bond donors (Lipinski definition) is 0. The zero-order valence-electron chi connectivity index (χ0n) is 10.9. The van der Waals surface area contributed by atoms with Gasteiger partial charge in [-0.15, -0.1) is 0 Å². The van der Waals surface area contributed by atoms with Crippen LogP contribution in [0.4, 0.5) is 0 Å². The van der Waals surface area contributed by atoms with Crippen molar-refractivity contribution >= 4 is 8.60 Å². The molecule has 0 amide bonds. The molecule has 0 bridgehead atoms. The van der Waals surface area contributed by atoms with Crippen LogP contribution < -0.4 is 9.79 Å². The molecule has 0 unspecified atom stereocenters. The van der Waals surface area contributed by atoms with E-state index in [-0.39, 0.29) is 54.6 Å². The van der Waals surface area contributed by atoms with Gasteiger partial charge in [0.25, 0.3) is 0 Å². The Labute approximate surface area is 148 Å². The van der Waals surface area contributed by atoms with Gasteiger partial charge in [-0.1, -0.05) is 19.8 Å². The Hall–Kier alpha value is 1.37. The van der Waals surface area contributed by atoms with Gasteiger partial charge in [0, 0.05) is 6.61 Å². The predicted molar refractivity (Wildman–Crippen MR) is 63.5 cm³/mol. The second-order valence-corrected chi connectivity index (χ2v) is 3.05. The molecule has 6 heteroatoms. The largest absolute Gasteiger partial charge is 2.00 e.